The van der Waals surface area contributed by atoms with Crippen molar-refractivity contribution in [1.82, 2.24) is 10.6 Å². The number of benzene rings is 2. The molecule has 0 atom stereocenters. The van der Waals surface area contributed by atoms with Gasteiger partial charge in [-0.2, -0.15) is 8.42 Å². The van der Waals surface area contributed by atoms with Crippen LogP contribution in [0, 0.1) is 0 Å². The van der Waals surface area contributed by atoms with Gasteiger partial charge in [0.15, 0.2) is 0 Å². The van der Waals surface area contributed by atoms with Crippen LogP contribution in [0.15, 0.2) is 65.9 Å². The Morgan fingerprint density at radius 1 is 0.891 bits per heavy atom. The summed E-state index contributed by atoms with van der Waals surface area (Å²) in [5, 5.41) is 10.3. The second-order valence-electron chi connectivity index (χ2n) is 11.8. The molecule has 4 rings (SSSR count). The van der Waals surface area contributed by atoms with Crippen LogP contribution in [0.2, 0.25) is 0 Å². The monoisotopic (exact) mass is 697 g/mol. The van der Waals surface area contributed by atoms with Crippen molar-refractivity contribution in [3.8, 4) is 0 Å². The summed E-state index contributed by atoms with van der Waals surface area (Å²) in [6, 6.07) is 9.15. The Morgan fingerprint density at radius 2 is 1.43 bits per heavy atom. The molecule has 5 N–H and O–H groups in total. The summed E-state index contributed by atoms with van der Waals surface area (Å²) in [6.45, 7) is 7.47. The molecule has 0 spiro atoms. The average Bonchev–Trinajstić information content (AvgIpc) is 3.25. The first-order valence-corrected chi connectivity index (χ1v) is 17.0. The molecule has 1 aliphatic heterocycles. The minimum absolute atomic E-state index is 0. The molecule has 0 fully saturated rings. The molecule has 0 radical (unpaired) electrons. The predicted molar refractivity (Wildman–Crippen MR) is 173 cm³/mol. The minimum atomic E-state index is -4.71. The molecule has 2 aromatic rings. The first-order chi connectivity index (χ1) is 20.8. The van der Waals surface area contributed by atoms with Crippen LogP contribution in [-0.4, -0.2) is 63.7 Å². The Balaban J connectivity index is 0.00000576. The smallest absolute Gasteiger partial charge is 0.747 e. The molecule has 0 bridgehead atoms. The number of carbonyl (C=O) groups is 2. The van der Waals surface area contributed by atoms with E-state index in [0.717, 1.165) is 5.56 Å². The number of nitrogens with one attached hydrogen (secondary N) is 4. The number of fused-ring (bicyclic) bond motifs is 2. The Kier molecular flexibility index (Phi) is 11.5. The van der Waals surface area contributed by atoms with Gasteiger partial charge in [-0.1, -0.05) is 45.9 Å². The van der Waals surface area contributed by atoms with Gasteiger partial charge in [-0.3, -0.25) is 4.55 Å². The molecule has 2 aromatic carbocycles. The zero-order chi connectivity index (χ0) is 33.5. The van der Waals surface area contributed by atoms with Gasteiger partial charge >= 0.3 is 63.4 Å². The van der Waals surface area contributed by atoms with Crippen LogP contribution < -0.4 is 77.6 Å². The summed E-state index contributed by atoms with van der Waals surface area (Å²) in [5.41, 5.74) is 3.29. The molecule has 0 aromatic heterocycles. The molecule has 13 nitrogen and oxygen atoms in total. The minimum Gasteiger partial charge on any atom is -0.747 e. The predicted octanol–water partition coefficient (Wildman–Crippen LogP) is 0.866. The first-order valence-electron chi connectivity index (χ1n) is 13.8. The number of hydrogen-bond acceptors (Lipinski definition) is 8. The molecule has 2 aliphatic rings. The molecular formula is C30H36KN5O8S2. The summed E-state index contributed by atoms with van der Waals surface area (Å²) in [6.07, 6.45) is 5.00. The number of anilines is 3. The van der Waals surface area contributed by atoms with E-state index in [2.05, 4.69) is 21.3 Å². The van der Waals surface area contributed by atoms with Crippen LogP contribution >= 0.6 is 0 Å². The summed E-state index contributed by atoms with van der Waals surface area (Å²) in [7, 11) is -6.19. The number of carbonyl (C=O) groups excluding carboxylic acids is 2. The fraction of sp³-hybridized carbons (Fsp3) is 0.333. The van der Waals surface area contributed by atoms with Gasteiger partial charge in [-0.15, -0.1) is 0 Å². The number of allylic oxidation sites excluding steroid dienone is 5. The number of amides is 4. The van der Waals surface area contributed by atoms with Gasteiger partial charge in [0.05, 0.1) is 0 Å². The average molecular weight is 698 g/mol. The Hall–Kier alpha value is -2.54. The van der Waals surface area contributed by atoms with E-state index in [0.29, 0.717) is 45.0 Å². The SMILES string of the molecule is CNC(=O)Nc1ccc2c(c1)C(C)(C)C(/C=C/C=C1/N(CS(=O)(=O)[O-])c3ccc(NC(=O)NC)cc3C1(C)C)=C2CS(=O)(=O)O.[K+]. The second-order valence-corrected chi connectivity index (χ2v) is 14.6. The van der Waals surface area contributed by atoms with Gasteiger partial charge in [0.2, 0.25) is 0 Å². The fourth-order valence-electron chi connectivity index (χ4n) is 5.89. The van der Waals surface area contributed by atoms with Crippen LogP contribution in [0.1, 0.15) is 44.4 Å². The number of hydrogen-bond donors (Lipinski definition) is 5. The summed E-state index contributed by atoms with van der Waals surface area (Å²) in [4.78, 5) is 25.2. The van der Waals surface area contributed by atoms with Crippen LogP contribution in [-0.2, 0) is 31.1 Å². The number of nitrogens with zero attached hydrogens (tertiary/aromatic N) is 1. The number of urea groups is 2. The fourth-order valence-corrected chi connectivity index (χ4v) is 7.16. The van der Waals surface area contributed by atoms with E-state index < -0.39 is 54.8 Å². The summed E-state index contributed by atoms with van der Waals surface area (Å²) >= 11 is 0. The third-order valence-corrected chi connectivity index (χ3v) is 9.24. The third-order valence-electron chi connectivity index (χ3n) is 8.01. The maximum atomic E-state index is 12.1. The molecule has 4 amide bonds. The van der Waals surface area contributed by atoms with Gasteiger partial charge in [0.1, 0.15) is 21.7 Å². The third kappa shape index (κ3) is 8.11. The van der Waals surface area contributed by atoms with Crippen molar-refractivity contribution in [2.45, 2.75) is 38.5 Å². The van der Waals surface area contributed by atoms with Crippen molar-refractivity contribution in [3.63, 3.8) is 0 Å². The van der Waals surface area contributed by atoms with E-state index in [9.17, 15) is 35.5 Å². The molecule has 0 saturated carbocycles. The molecule has 0 unspecified atom stereocenters. The van der Waals surface area contributed by atoms with Crippen molar-refractivity contribution >= 4 is 54.9 Å². The summed E-state index contributed by atoms with van der Waals surface area (Å²) < 4.78 is 69.9. The van der Waals surface area contributed by atoms with E-state index in [1.165, 1.54) is 19.0 Å². The summed E-state index contributed by atoms with van der Waals surface area (Å²) in [5.74, 6) is -1.49. The zero-order valence-corrected chi connectivity index (χ0v) is 31.4. The van der Waals surface area contributed by atoms with Crippen molar-refractivity contribution in [1.29, 1.82) is 0 Å². The molecule has 46 heavy (non-hydrogen) atoms. The van der Waals surface area contributed by atoms with E-state index in [-0.39, 0.29) is 51.4 Å². The van der Waals surface area contributed by atoms with Gasteiger partial charge in [-0.05, 0) is 64.2 Å². The van der Waals surface area contributed by atoms with E-state index in [1.54, 1.807) is 54.6 Å². The zero-order valence-electron chi connectivity index (χ0n) is 26.7. The maximum Gasteiger partial charge on any atom is 1.00 e. The quantitative estimate of drug-likeness (QED) is 0.196. The molecule has 1 heterocycles. The number of rotatable bonds is 8. The second kappa shape index (κ2) is 13.9. The van der Waals surface area contributed by atoms with Crippen molar-refractivity contribution < 1.29 is 86.9 Å². The van der Waals surface area contributed by atoms with Crippen LogP contribution in [0.4, 0.5) is 26.7 Å². The van der Waals surface area contributed by atoms with E-state index in [4.69, 9.17) is 0 Å². The molecular weight excluding hydrogens is 662 g/mol. The van der Waals surface area contributed by atoms with Gasteiger partial charge in [0, 0.05) is 47.7 Å². The molecule has 16 heteroatoms. The van der Waals surface area contributed by atoms with Gasteiger partial charge < -0.3 is 30.7 Å². The van der Waals surface area contributed by atoms with E-state index >= 15 is 0 Å². The van der Waals surface area contributed by atoms with Gasteiger partial charge in [0.25, 0.3) is 10.1 Å². The standard InChI is InChI=1S/C30H37N5O8S2.K/c1-29(2)22(21(16-44(38,39)40)20-12-10-18(14-23(20)29)33-27(36)31-5)8-7-9-26-30(3,4)24-15-19(34-28(37)32-6)11-13-25(24)35(26)17-45(41,42)43;/h7-15H,16-17H2,1-6H3,(H2,31,33,36)(H2,32,34,37)(H,38,39,40)(H,41,42,43);/q;+1/p-1/b8-7+,26-9+;. The van der Waals surface area contributed by atoms with Crippen LogP contribution in [0.5, 0.6) is 0 Å². The van der Waals surface area contributed by atoms with Crippen LogP contribution in [0.3, 0.4) is 0 Å². The normalized spacial score (nSPS) is 17.4. The van der Waals surface area contributed by atoms with Crippen molar-refractivity contribution in [2.75, 3.05) is 41.3 Å². The van der Waals surface area contributed by atoms with Crippen molar-refractivity contribution in [2.24, 2.45) is 0 Å². The maximum absolute atomic E-state index is 12.1. The Labute approximate surface area is 311 Å². The Bertz CT molecular complexity index is 1880. The largest absolute Gasteiger partial charge is 1.00 e. The Morgan fingerprint density at radius 3 is 1.96 bits per heavy atom. The molecule has 1 aliphatic carbocycles. The van der Waals surface area contributed by atoms with E-state index in [1.807, 2.05) is 27.7 Å². The van der Waals surface area contributed by atoms with Crippen LogP contribution in [0.25, 0.3) is 5.57 Å². The van der Waals surface area contributed by atoms with Gasteiger partial charge in [-0.25, -0.2) is 18.0 Å². The molecule has 242 valence electrons. The van der Waals surface area contributed by atoms with Crippen molar-refractivity contribution in [3.05, 3.63) is 82.6 Å². The topological polar surface area (TPSA) is 197 Å². The molecule has 0 saturated heterocycles. The first kappa shape index (κ1) is 37.9.